The Bertz CT molecular complexity index is 1190. The highest BCUT2D eigenvalue weighted by atomic mass is 32.1. The lowest BCUT2D eigenvalue weighted by molar-refractivity contribution is -0.301. The Labute approximate surface area is 220 Å². The monoisotopic (exact) mass is 519 g/mol. The summed E-state index contributed by atoms with van der Waals surface area (Å²) in [5.41, 5.74) is 0. The van der Waals surface area contributed by atoms with Crippen LogP contribution in [0.3, 0.4) is 0 Å². The van der Waals surface area contributed by atoms with Crippen LogP contribution >= 0.6 is 11.3 Å². The summed E-state index contributed by atoms with van der Waals surface area (Å²) >= 11 is 1.90. The first kappa shape index (κ1) is 27.6. The average Bonchev–Trinajstić information content (AvgIpc) is 3.30. The molecule has 0 atom stereocenters. The van der Waals surface area contributed by atoms with Crippen molar-refractivity contribution in [3.63, 3.8) is 0 Å². The first-order valence-corrected chi connectivity index (χ1v) is 12.5. The fourth-order valence-electron chi connectivity index (χ4n) is 3.86. The first-order chi connectivity index (χ1) is 17.9. The summed E-state index contributed by atoms with van der Waals surface area (Å²) in [5.74, 6) is -1.18. The van der Waals surface area contributed by atoms with E-state index in [4.69, 9.17) is 0 Å². The molecule has 0 radical (unpaired) electrons. The molecular weight excluding hydrogens is 490 g/mol. The van der Waals surface area contributed by atoms with E-state index in [1.807, 2.05) is 23.5 Å². The number of carbonyl (C=O) groups excluding carboxylic acids is 2. The van der Waals surface area contributed by atoms with Gasteiger partial charge in [0.05, 0.1) is 11.9 Å². The molecule has 0 saturated carbocycles. The Morgan fingerprint density at radius 2 is 1.62 bits per heavy atom. The predicted octanol–water partition coefficient (Wildman–Crippen LogP) is 1.23. The third-order valence-corrected chi connectivity index (χ3v) is 6.67. The van der Waals surface area contributed by atoms with Crippen LogP contribution in [0.15, 0.2) is 80.2 Å². The number of hydrogen-bond donors (Lipinski definition) is 0. The number of piperazine rings is 1. The molecule has 0 N–H and O–H groups in total. The summed E-state index contributed by atoms with van der Waals surface area (Å²) in [5, 5.41) is 20.2. The van der Waals surface area contributed by atoms with Gasteiger partial charge in [-0.05, 0) is 29.7 Å². The van der Waals surface area contributed by atoms with Gasteiger partial charge < -0.3 is 29.6 Å². The van der Waals surface area contributed by atoms with Gasteiger partial charge in [-0.3, -0.25) is 4.90 Å². The van der Waals surface area contributed by atoms with Gasteiger partial charge in [-0.15, -0.1) is 24.5 Å². The van der Waals surface area contributed by atoms with Crippen LogP contribution in [0.2, 0.25) is 0 Å². The van der Waals surface area contributed by atoms with E-state index in [0.29, 0.717) is 12.2 Å². The molecule has 0 spiro atoms. The Kier molecular flexibility index (Phi) is 10.4. The van der Waals surface area contributed by atoms with Gasteiger partial charge in [0.25, 0.3) is 0 Å². The molecule has 1 fully saturated rings. The number of carbonyl (C=O) groups is 2. The van der Waals surface area contributed by atoms with Crippen molar-refractivity contribution < 1.29 is 19.8 Å². The van der Waals surface area contributed by atoms with Crippen LogP contribution in [0.4, 0.5) is 11.6 Å². The fourth-order valence-corrected chi connectivity index (χ4v) is 4.97. The highest BCUT2D eigenvalue weighted by Crippen LogP contribution is 2.27. The van der Waals surface area contributed by atoms with Crippen molar-refractivity contribution >= 4 is 45.0 Å². The minimum absolute atomic E-state index is 0.384. The van der Waals surface area contributed by atoms with E-state index in [9.17, 15) is 19.8 Å². The summed E-state index contributed by atoms with van der Waals surface area (Å²) in [6.45, 7) is 14.2. The SMILES string of the molecule is C=CCN(CC=C)c1cc(N2CCN(Cc3cc4ccccc4s3)CC2)ncn1.O=C([O-])/C=C/C(=O)[O-]. The third-order valence-electron chi connectivity index (χ3n) is 5.57. The number of benzene rings is 1. The van der Waals surface area contributed by atoms with E-state index in [1.54, 1.807) is 6.33 Å². The van der Waals surface area contributed by atoms with Crippen molar-refractivity contribution in [2.45, 2.75) is 6.54 Å². The highest BCUT2D eigenvalue weighted by Gasteiger charge is 2.20. The van der Waals surface area contributed by atoms with Crippen LogP contribution in [0.1, 0.15) is 4.88 Å². The standard InChI is InChI=1S/C23H27N5S.C4H4O4/c1-3-9-27(10-4-2)22-16-23(25-18-24-22)28-13-11-26(12-14-28)17-20-15-19-7-5-6-8-21(19)29-20;5-3(6)1-2-4(7)8/h3-8,15-16,18H,1-2,9-14,17H2;1-2H,(H,5,6)(H,7,8)/p-2/b;2-1+. The van der Waals surface area contributed by atoms with Gasteiger partial charge in [-0.2, -0.15) is 0 Å². The molecule has 0 unspecified atom stereocenters. The maximum Gasteiger partial charge on any atom is 0.134 e. The predicted molar refractivity (Wildman–Crippen MR) is 143 cm³/mol. The number of hydrogen-bond acceptors (Lipinski definition) is 10. The number of aromatic nitrogens is 2. The minimum atomic E-state index is -1.55. The van der Waals surface area contributed by atoms with E-state index in [1.165, 1.54) is 15.0 Å². The van der Waals surface area contributed by atoms with Crippen molar-refractivity contribution in [1.82, 2.24) is 14.9 Å². The lowest BCUT2D eigenvalue weighted by Crippen LogP contribution is -2.46. The smallest absolute Gasteiger partial charge is 0.134 e. The van der Waals surface area contributed by atoms with Gasteiger partial charge in [0, 0.05) is 61.5 Å². The van der Waals surface area contributed by atoms with Gasteiger partial charge >= 0.3 is 0 Å². The second kappa shape index (κ2) is 13.9. The molecule has 9 nitrogen and oxygen atoms in total. The molecular formula is C27H29N5O4S-2. The maximum absolute atomic E-state index is 9.41. The van der Waals surface area contributed by atoms with Crippen molar-refractivity contribution in [3.8, 4) is 0 Å². The van der Waals surface area contributed by atoms with E-state index >= 15 is 0 Å². The molecule has 10 heteroatoms. The van der Waals surface area contributed by atoms with Crippen LogP contribution in [0.25, 0.3) is 10.1 Å². The summed E-state index contributed by atoms with van der Waals surface area (Å²) in [6, 6.07) is 13.0. The average molecular weight is 520 g/mol. The van der Waals surface area contributed by atoms with Crippen LogP contribution < -0.4 is 20.0 Å². The van der Waals surface area contributed by atoms with Gasteiger partial charge in [0.15, 0.2) is 0 Å². The first-order valence-electron chi connectivity index (χ1n) is 11.7. The number of aliphatic carboxylic acids is 2. The summed E-state index contributed by atoms with van der Waals surface area (Å²) < 4.78 is 1.37. The van der Waals surface area contributed by atoms with Crippen LogP contribution in [-0.4, -0.2) is 66.1 Å². The molecule has 1 aromatic carbocycles. The number of thiophene rings is 1. The topological polar surface area (TPSA) is 116 Å². The number of rotatable bonds is 10. The molecule has 0 amide bonds. The van der Waals surface area contributed by atoms with Crippen molar-refractivity contribution in [3.05, 3.63) is 85.1 Å². The Hall–Kier alpha value is -4.02. The number of fused-ring (bicyclic) bond motifs is 1. The molecule has 1 saturated heterocycles. The van der Waals surface area contributed by atoms with Gasteiger partial charge in [-0.1, -0.05) is 30.4 Å². The van der Waals surface area contributed by atoms with Gasteiger partial charge in [0.2, 0.25) is 0 Å². The van der Waals surface area contributed by atoms with E-state index in [0.717, 1.165) is 57.4 Å². The molecule has 194 valence electrons. The normalized spacial score (nSPS) is 13.7. The summed E-state index contributed by atoms with van der Waals surface area (Å²) in [4.78, 5) is 36.3. The van der Waals surface area contributed by atoms with E-state index < -0.39 is 11.9 Å². The largest absolute Gasteiger partial charge is 0.545 e. The number of anilines is 2. The Morgan fingerprint density at radius 3 is 2.22 bits per heavy atom. The number of nitrogens with zero attached hydrogens (tertiary/aromatic N) is 5. The van der Waals surface area contributed by atoms with Gasteiger partial charge in [0.1, 0.15) is 18.0 Å². The lowest BCUT2D eigenvalue weighted by Gasteiger charge is -2.35. The lowest BCUT2D eigenvalue weighted by atomic mass is 10.2. The summed E-state index contributed by atoms with van der Waals surface area (Å²) in [6.07, 6.45) is 6.20. The second-order valence-corrected chi connectivity index (χ2v) is 9.37. The molecule has 37 heavy (non-hydrogen) atoms. The number of carboxylic acid groups (broad SMARTS) is 2. The van der Waals surface area contributed by atoms with Crippen molar-refractivity contribution in [2.75, 3.05) is 49.1 Å². The van der Waals surface area contributed by atoms with E-state index in [-0.39, 0.29) is 0 Å². The molecule has 3 heterocycles. The number of carboxylic acids is 2. The Morgan fingerprint density at radius 1 is 0.973 bits per heavy atom. The van der Waals surface area contributed by atoms with Crippen molar-refractivity contribution in [1.29, 1.82) is 0 Å². The molecule has 1 aliphatic rings. The molecule has 2 aromatic heterocycles. The zero-order chi connectivity index (χ0) is 26.6. The second-order valence-electron chi connectivity index (χ2n) is 8.20. The van der Waals surface area contributed by atoms with Gasteiger partial charge in [-0.25, -0.2) is 9.97 Å². The minimum Gasteiger partial charge on any atom is -0.545 e. The van der Waals surface area contributed by atoms with Crippen molar-refractivity contribution in [2.24, 2.45) is 0 Å². The molecule has 3 aromatic rings. The van der Waals surface area contributed by atoms with E-state index in [2.05, 4.69) is 74.2 Å². The van der Waals surface area contributed by atoms with Crippen LogP contribution in [-0.2, 0) is 16.1 Å². The molecule has 0 bridgehead atoms. The Balaban J connectivity index is 0.000000414. The zero-order valence-electron chi connectivity index (χ0n) is 20.5. The fraction of sp³-hybridized carbons (Fsp3) is 0.259. The molecule has 4 rings (SSSR count). The quantitative estimate of drug-likeness (QED) is 0.288. The third kappa shape index (κ3) is 8.55. The zero-order valence-corrected chi connectivity index (χ0v) is 21.3. The maximum atomic E-state index is 9.41. The van der Waals surface area contributed by atoms with Crippen LogP contribution in [0.5, 0.6) is 0 Å². The molecule has 0 aliphatic carbocycles. The molecule has 1 aliphatic heterocycles. The summed E-state index contributed by atoms with van der Waals surface area (Å²) in [7, 11) is 0. The van der Waals surface area contributed by atoms with Crippen LogP contribution in [0, 0.1) is 0 Å². The highest BCUT2D eigenvalue weighted by molar-refractivity contribution is 7.19.